The van der Waals surface area contributed by atoms with Gasteiger partial charge in [-0.15, -0.1) is 0 Å². The van der Waals surface area contributed by atoms with Crippen molar-refractivity contribution < 1.29 is 4.74 Å². The van der Waals surface area contributed by atoms with Gasteiger partial charge in [0.25, 0.3) is 0 Å². The summed E-state index contributed by atoms with van der Waals surface area (Å²) >= 11 is 0. The lowest BCUT2D eigenvalue weighted by molar-refractivity contribution is 0.170. The van der Waals surface area contributed by atoms with Gasteiger partial charge in [-0.05, 0) is 70.9 Å². The molecule has 0 spiro atoms. The van der Waals surface area contributed by atoms with Crippen molar-refractivity contribution in [1.82, 2.24) is 24.8 Å². The van der Waals surface area contributed by atoms with Gasteiger partial charge in [0.2, 0.25) is 5.95 Å². The van der Waals surface area contributed by atoms with E-state index in [0.29, 0.717) is 18.6 Å². The quantitative estimate of drug-likeness (QED) is 0.598. The maximum Gasteiger partial charge on any atom is 0.223 e. The smallest absolute Gasteiger partial charge is 0.223 e. The van der Waals surface area contributed by atoms with Crippen LogP contribution in [0.25, 0.3) is 11.3 Å². The summed E-state index contributed by atoms with van der Waals surface area (Å²) < 4.78 is 7.83. The Morgan fingerprint density at radius 2 is 1.81 bits per heavy atom. The normalized spacial score (nSPS) is 17.9. The van der Waals surface area contributed by atoms with Crippen LogP contribution in [-0.2, 0) is 6.54 Å². The Labute approximate surface area is 184 Å². The van der Waals surface area contributed by atoms with Crippen LogP contribution in [0.3, 0.4) is 0 Å². The van der Waals surface area contributed by atoms with Crippen molar-refractivity contribution in [1.29, 1.82) is 0 Å². The van der Waals surface area contributed by atoms with E-state index >= 15 is 0 Å². The van der Waals surface area contributed by atoms with Crippen LogP contribution in [0, 0.1) is 0 Å². The van der Waals surface area contributed by atoms with E-state index in [4.69, 9.17) is 9.72 Å². The molecule has 3 heterocycles. The summed E-state index contributed by atoms with van der Waals surface area (Å²) in [6.07, 6.45) is 9.35. The van der Waals surface area contributed by atoms with Crippen molar-refractivity contribution in [2.75, 3.05) is 11.9 Å². The highest BCUT2D eigenvalue weighted by atomic mass is 16.5. The average molecular weight is 421 g/mol. The van der Waals surface area contributed by atoms with E-state index in [2.05, 4.69) is 48.3 Å². The molecule has 1 fully saturated rings. The molecule has 2 N–H and O–H groups in total. The van der Waals surface area contributed by atoms with E-state index in [1.165, 1.54) is 0 Å². The van der Waals surface area contributed by atoms with Crippen molar-refractivity contribution in [2.45, 2.75) is 64.2 Å². The molecule has 0 amide bonds. The molecule has 1 aliphatic rings. The van der Waals surface area contributed by atoms with Gasteiger partial charge in [-0.1, -0.05) is 0 Å². The molecule has 31 heavy (non-hydrogen) atoms. The number of anilines is 1. The molecule has 1 saturated heterocycles. The summed E-state index contributed by atoms with van der Waals surface area (Å²) in [5.41, 5.74) is 2.09. The summed E-state index contributed by atoms with van der Waals surface area (Å²) in [5.74, 6) is 1.52. The first kappa shape index (κ1) is 21.3. The number of imidazole rings is 1. The highest BCUT2D eigenvalue weighted by Crippen LogP contribution is 2.30. The fourth-order valence-electron chi connectivity index (χ4n) is 4.61. The first-order valence-electron chi connectivity index (χ1n) is 10.9. The van der Waals surface area contributed by atoms with Crippen molar-refractivity contribution in [2.24, 2.45) is 0 Å². The first-order chi connectivity index (χ1) is 14.8. The fourth-order valence-corrected chi connectivity index (χ4v) is 4.61. The van der Waals surface area contributed by atoms with Crippen LogP contribution in [0.1, 0.15) is 40.5 Å². The SMILES string of the molecule is CC1(C)CC(Nc2nccc(-c3ccc(OCCn4ccnc4)cc3)n2)CC(C)(C)N1. The van der Waals surface area contributed by atoms with Gasteiger partial charge in [0, 0.05) is 41.3 Å². The van der Waals surface area contributed by atoms with Gasteiger partial charge < -0.3 is 19.9 Å². The molecule has 7 nitrogen and oxygen atoms in total. The van der Waals surface area contributed by atoms with E-state index in [1.807, 2.05) is 47.3 Å². The zero-order valence-electron chi connectivity index (χ0n) is 18.8. The molecule has 0 radical (unpaired) electrons. The third-order valence-electron chi connectivity index (χ3n) is 5.51. The molecule has 7 heteroatoms. The Morgan fingerprint density at radius 1 is 1.06 bits per heavy atom. The minimum Gasteiger partial charge on any atom is -0.492 e. The van der Waals surface area contributed by atoms with Crippen LogP contribution in [0.5, 0.6) is 5.75 Å². The molecule has 3 aromatic rings. The van der Waals surface area contributed by atoms with Crippen molar-refractivity contribution in [3.8, 4) is 17.0 Å². The monoisotopic (exact) mass is 420 g/mol. The standard InChI is InChI=1S/C24H32N6O/c1-23(2)15-19(16-24(3,4)29-23)27-22-26-10-9-21(28-22)18-5-7-20(8-6-18)31-14-13-30-12-11-25-17-30/h5-12,17,19,29H,13-16H2,1-4H3,(H,26,27,28). The van der Waals surface area contributed by atoms with Crippen LogP contribution in [0.2, 0.25) is 0 Å². The van der Waals surface area contributed by atoms with Crippen LogP contribution in [0.4, 0.5) is 5.95 Å². The molecular weight excluding hydrogens is 388 g/mol. The van der Waals surface area contributed by atoms with Gasteiger partial charge in [-0.25, -0.2) is 15.0 Å². The molecule has 0 bridgehead atoms. The van der Waals surface area contributed by atoms with E-state index in [0.717, 1.165) is 36.4 Å². The zero-order valence-corrected chi connectivity index (χ0v) is 18.8. The summed E-state index contributed by atoms with van der Waals surface area (Å²) in [6, 6.07) is 10.3. The largest absolute Gasteiger partial charge is 0.492 e. The number of nitrogens with one attached hydrogen (secondary N) is 2. The number of piperidine rings is 1. The third kappa shape index (κ3) is 5.82. The Kier molecular flexibility index (Phi) is 5.96. The fraction of sp³-hybridized carbons (Fsp3) is 0.458. The average Bonchev–Trinajstić information content (AvgIpc) is 3.20. The second-order valence-electron chi connectivity index (χ2n) is 9.58. The number of hydrogen-bond donors (Lipinski definition) is 2. The molecule has 1 aromatic carbocycles. The number of ether oxygens (including phenoxy) is 1. The van der Waals surface area contributed by atoms with Gasteiger partial charge >= 0.3 is 0 Å². The second-order valence-corrected chi connectivity index (χ2v) is 9.58. The minimum atomic E-state index is 0.0741. The maximum atomic E-state index is 5.83. The zero-order chi connectivity index (χ0) is 21.9. The molecule has 1 aliphatic heterocycles. The predicted octanol–water partition coefficient (Wildman–Crippen LogP) is 4.14. The summed E-state index contributed by atoms with van der Waals surface area (Å²) in [5, 5.41) is 7.28. The Balaban J connectivity index is 1.38. The number of aromatic nitrogens is 4. The Morgan fingerprint density at radius 3 is 2.48 bits per heavy atom. The van der Waals surface area contributed by atoms with E-state index in [9.17, 15) is 0 Å². The summed E-state index contributed by atoms with van der Waals surface area (Å²) in [6.45, 7) is 10.4. The Bertz CT molecular complexity index is 966. The number of benzene rings is 1. The van der Waals surface area contributed by atoms with E-state index in [-0.39, 0.29) is 11.1 Å². The molecular formula is C24H32N6O. The molecule has 4 rings (SSSR count). The third-order valence-corrected chi connectivity index (χ3v) is 5.51. The van der Waals surface area contributed by atoms with Crippen LogP contribution < -0.4 is 15.4 Å². The molecule has 2 aromatic heterocycles. The molecule has 164 valence electrons. The lowest BCUT2D eigenvalue weighted by Gasteiger charge is -2.46. The lowest BCUT2D eigenvalue weighted by Crippen LogP contribution is -2.60. The highest BCUT2D eigenvalue weighted by Gasteiger charge is 2.37. The Hall–Kier alpha value is -2.93. The first-order valence-corrected chi connectivity index (χ1v) is 10.9. The van der Waals surface area contributed by atoms with Gasteiger partial charge in [0.1, 0.15) is 12.4 Å². The van der Waals surface area contributed by atoms with Crippen molar-refractivity contribution in [3.05, 3.63) is 55.2 Å². The summed E-state index contributed by atoms with van der Waals surface area (Å²) in [4.78, 5) is 13.3. The van der Waals surface area contributed by atoms with Gasteiger partial charge in [0.05, 0.1) is 18.6 Å². The van der Waals surface area contributed by atoms with Gasteiger partial charge in [-0.3, -0.25) is 0 Å². The van der Waals surface area contributed by atoms with Crippen LogP contribution in [0.15, 0.2) is 55.2 Å². The lowest BCUT2D eigenvalue weighted by atomic mass is 9.80. The number of nitrogens with zero attached hydrogens (tertiary/aromatic N) is 4. The second kappa shape index (κ2) is 8.67. The predicted molar refractivity (Wildman–Crippen MR) is 123 cm³/mol. The van der Waals surface area contributed by atoms with Gasteiger partial charge in [0.15, 0.2) is 0 Å². The van der Waals surface area contributed by atoms with Crippen LogP contribution >= 0.6 is 0 Å². The van der Waals surface area contributed by atoms with E-state index < -0.39 is 0 Å². The summed E-state index contributed by atoms with van der Waals surface area (Å²) in [7, 11) is 0. The van der Waals surface area contributed by atoms with Crippen LogP contribution in [-0.4, -0.2) is 43.2 Å². The number of rotatable bonds is 7. The van der Waals surface area contributed by atoms with Gasteiger partial charge in [-0.2, -0.15) is 0 Å². The highest BCUT2D eigenvalue weighted by molar-refractivity contribution is 5.61. The van der Waals surface area contributed by atoms with Crippen molar-refractivity contribution >= 4 is 5.95 Å². The maximum absolute atomic E-state index is 5.83. The molecule has 0 atom stereocenters. The molecule has 0 unspecified atom stereocenters. The molecule has 0 saturated carbocycles. The van der Waals surface area contributed by atoms with Crippen molar-refractivity contribution in [3.63, 3.8) is 0 Å². The number of hydrogen-bond acceptors (Lipinski definition) is 6. The topological polar surface area (TPSA) is 76.9 Å². The van der Waals surface area contributed by atoms with E-state index in [1.54, 1.807) is 12.5 Å². The minimum absolute atomic E-state index is 0.0741. The molecule has 0 aliphatic carbocycles.